The highest BCUT2D eigenvalue weighted by atomic mass is 35.5. The standard InChI is InChI=1S/C24H23ClN4O3/c1-32-22-5-3-16(11-20(22)25)13-28-23-18-10-15(12-26)2-4-21(18)27-14-19(23)24(31)29-8-6-17(30)7-9-29/h2-5,10-11,14,17,30H,6-9,13H2,1H3,(H,27,28). The molecule has 1 saturated heterocycles. The lowest BCUT2D eigenvalue weighted by Crippen LogP contribution is -2.40. The molecular weight excluding hydrogens is 428 g/mol. The first-order valence-electron chi connectivity index (χ1n) is 10.4. The Bertz CT molecular complexity index is 1200. The van der Waals surface area contributed by atoms with Gasteiger partial charge in [-0.1, -0.05) is 17.7 Å². The van der Waals surface area contributed by atoms with Gasteiger partial charge in [-0.15, -0.1) is 0 Å². The molecule has 0 unspecified atom stereocenters. The quantitative estimate of drug-likeness (QED) is 0.610. The van der Waals surface area contributed by atoms with Gasteiger partial charge in [-0.2, -0.15) is 5.26 Å². The van der Waals surface area contributed by atoms with E-state index in [0.29, 0.717) is 71.0 Å². The molecule has 2 aromatic carbocycles. The minimum atomic E-state index is -0.371. The molecule has 0 spiro atoms. The summed E-state index contributed by atoms with van der Waals surface area (Å²) in [6.07, 6.45) is 2.31. The van der Waals surface area contributed by atoms with Crippen LogP contribution in [0.25, 0.3) is 10.9 Å². The predicted molar refractivity (Wildman–Crippen MR) is 123 cm³/mol. The number of nitrogens with zero attached hydrogens (tertiary/aromatic N) is 3. The molecular formula is C24H23ClN4O3. The lowest BCUT2D eigenvalue weighted by molar-refractivity contribution is 0.0547. The van der Waals surface area contributed by atoms with Crippen LogP contribution < -0.4 is 10.1 Å². The molecule has 8 heteroatoms. The smallest absolute Gasteiger partial charge is 0.257 e. The predicted octanol–water partition coefficient (Wildman–Crippen LogP) is 3.98. The number of amides is 1. The minimum Gasteiger partial charge on any atom is -0.495 e. The molecule has 7 nitrogen and oxygen atoms in total. The van der Waals surface area contributed by atoms with Gasteiger partial charge >= 0.3 is 0 Å². The molecule has 0 saturated carbocycles. The summed E-state index contributed by atoms with van der Waals surface area (Å²) in [7, 11) is 1.56. The Morgan fingerprint density at radius 1 is 1.31 bits per heavy atom. The van der Waals surface area contributed by atoms with Gasteiger partial charge in [0, 0.05) is 31.2 Å². The van der Waals surface area contributed by atoms with Crippen molar-refractivity contribution in [3.8, 4) is 11.8 Å². The second-order valence-electron chi connectivity index (χ2n) is 7.74. The number of methoxy groups -OCH3 is 1. The van der Waals surface area contributed by atoms with Gasteiger partial charge in [0.1, 0.15) is 5.75 Å². The summed E-state index contributed by atoms with van der Waals surface area (Å²) in [5.41, 5.74) is 3.14. The van der Waals surface area contributed by atoms with Gasteiger partial charge in [-0.3, -0.25) is 9.78 Å². The van der Waals surface area contributed by atoms with Gasteiger partial charge < -0.3 is 20.1 Å². The zero-order chi connectivity index (χ0) is 22.7. The topological polar surface area (TPSA) is 98.5 Å². The first-order valence-corrected chi connectivity index (χ1v) is 10.7. The number of aliphatic hydroxyl groups is 1. The number of likely N-dealkylation sites (tertiary alicyclic amines) is 1. The fraction of sp³-hybridized carbons (Fsp3) is 0.292. The highest BCUT2D eigenvalue weighted by Gasteiger charge is 2.25. The number of aromatic nitrogens is 1. The number of aliphatic hydroxyl groups excluding tert-OH is 1. The highest BCUT2D eigenvalue weighted by Crippen LogP contribution is 2.30. The van der Waals surface area contributed by atoms with Crippen molar-refractivity contribution in [2.75, 3.05) is 25.5 Å². The third-order valence-corrected chi connectivity index (χ3v) is 5.96. The average molecular weight is 451 g/mol. The lowest BCUT2D eigenvalue weighted by Gasteiger charge is -2.30. The van der Waals surface area contributed by atoms with Gasteiger partial charge in [-0.05, 0) is 48.7 Å². The number of nitrogens with one attached hydrogen (secondary N) is 1. The Morgan fingerprint density at radius 2 is 2.09 bits per heavy atom. The fourth-order valence-corrected chi connectivity index (χ4v) is 4.14. The Hall–Kier alpha value is -3.34. The van der Waals surface area contributed by atoms with Crippen molar-refractivity contribution in [3.05, 3.63) is 64.3 Å². The van der Waals surface area contributed by atoms with Crippen LogP contribution in [0.15, 0.2) is 42.6 Å². The zero-order valence-electron chi connectivity index (χ0n) is 17.6. The summed E-state index contributed by atoms with van der Waals surface area (Å²) < 4.78 is 5.21. The number of piperidine rings is 1. The van der Waals surface area contributed by atoms with Crippen molar-refractivity contribution in [1.29, 1.82) is 5.26 Å². The summed E-state index contributed by atoms with van der Waals surface area (Å²) in [5, 5.41) is 23.7. The number of carbonyl (C=O) groups excluding carboxylic acids is 1. The Morgan fingerprint density at radius 3 is 2.78 bits per heavy atom. The second-order valence-corrected chi connectivity index (χ2v) is 8.14. The zero-order valence-corrected chi connectivity index (χ0v) is 18.4. The molecule has 1 fully saturated rings. The maximum Gasteiger partial charge on any atom is 0.257 e. The average Bonchev–Trinajstić information content (AvgIpc) is 2.82. The molecule has 1 aromatic heterocycles. The molecule has 0 aliphatic carbocycles. The van der Waals surface area contributed by atoms with Crippen LogP contribution in [0.2, 0.25) is 5.02 Å². The molecule has 3 aromatic rings. The van der Waals surface area contributed by atoms with Crippen LogP contribution in [0, 0.1) is 11.3 Å². The monoisotopic (exact) mass is 450 g/mol. The first-order chi connectivity index (χ1) is 15.5. The van der Waals surface area contributed by atoms with E-state index < -0.39 is 0 Å². The molecule has 4 rings (SSSR count). The van der Waals surface area contributed by atoms with Crippen molar-refractivity contribution in [2.45, 2.75) is 25.5 Å². The maximum absolute atomic E-state index is 13.3. The number of halogens is 1. The fourth-order valence-electron chi connectivity index (χ4n) is 3.86. The Balaban J connectivity index is 1.71. The van der Waals surface area contributed by atoms with E-state index in [1.165, 1.54) is 0 Å². The number of hydrogen-bond donors (Lipinski definition) is 2. The van der Waals surface area contributed by atoms with E-state index in [1.54, 1.807) is 42.5 Å². The number of carbonyl (C=O) groups is 1. The number of benzene rings is 2. The molecule has 1 aliphatic heterocycles. The summed E-state index contributed by atoms with van der Waals surface area (Å²) in [5.74, 6) is 0.440. The minimum absolute atomic E-state index is 0.149. The van der Waals surface area contributed by atoms with Crippen LogP contribution in [0.5, 0.6) is 5.75 Å². The van der Waals surface area contributed by atoms with Gasteiger partial charge in [0.25, 0.3) is 5.91 Å². The van der Waals surface area contributed by atoms with Crippen molar-refractivity contribution >= 4 is 34.1 Å². The summed E-state index contributed by atoms with van der Waals surface area (Å²) >= 11 is 6.26. The number of pyridine rings is 1. The lowest BCUT2D eigenvalue weighted by atomic mass is 10.0. The molecule has 1 aliphatic rings. The second kappa shape index (κ2) is 9.43. The number of nitriles is 1. The van der Waals surface area contributed by atoms with Gasteiger partial charge in [0.15, 0.2) is 0 Å². The third-order valence-electron chi connectivity index (χ3n) is 5.66. The normalized spacial score (nSPS) is 14.2. The molecule has 0 radical (unpaired) electrons. The number of fused-ring (bicyclic) bond motifs is 1. The molecule has 2 heterocycles. The van der Waals surface area contributed by atoms with Crippen molar-refractivity contribution in [3.63, 3.8) is 0 Å². The Kier molecular flexibility index (Phi) is 6.45. The van der Waals surface area contributed by atoms with E-state index in [4.69, 9.17) is 16.3 Å². The molecule has 2 N–H and O–H groups in total. The molecule has 32 heavy (non-hydrogen) atoms. The van der Waals surface area contributed by atoms with E-state index >= 15 is 0 Å². The van der Waals surface area contributed by atoms with Crippen molar-refractivity contribution in [2.24, 2.45) is 0 Å². The van der Waals surface area contributed by atoms with Gasteiger partial charge in [0.2, 0.25) is 0 Å². The van der Waals surface area contributed by atoms with E-state index in [9.17, 15) is 15.2 Å². The van der Waals surface area contributed by atoms with Crippen LogP contribution in [0.3, 0.4) is 0 Å². The van der Waals surface area contributed by atoms with E-state index in [0.717, 1.165) is 5.56 Å². The number of hydrogen-bond acceptors (Lipinski definition) is 6. The number of anilines is 1. The van der Waals surface area contributed by atoms with E-state index in [1.807, 2.05) is 12.1 Å². The van der Waals surface area contributed by atoms with E-state index in [2.05, 4.69) is 16.4 Å². The number of ether oxygens (including phenoxy) is 1. The maximum atomic E-state index is 13.3. The number of rotatable bonds is 5. The van der Waals surface area contributed by atoms with Crippen LogP contribution in [0.1, 0.15) is 34.3 Å². The molecule has 164 valence electrons. The summed E-state index contributed by atoms with van der Waals surface area (Å²) in [6, 6.07) is 12.9. The van der Waals surface area contributed by atoms with Crippen LogP contribution in [-0.4, -0.2) is 47.2 Å². The van der Waals surface area contributed by atoms with Crippen LogP contribution >= 0.6 is 11.6 Å². The van der Waals surface area contributed by atoms with Gasteiger partial charge in [0.05, 0.1) is 46.6 Å². The SMILES string of the molecule is COc1ccc(CNc2c(C(=O)N3CCC(O)CC3)cnc3ccc(C#N)cc23)cc1Cl. The molecule has 1 amide bonds. The highest BCUT2D eigenvalue weighted by molar-refractivity contribution is 6.32. The molecule has 0 bridgehead atoms. The third kappa shape index (κ3) is 4.47. The summed E-state index contributed by atoms with van der Waals surface area (Å²) in [4.78, 5) is 19.5. The largest absolute Gasteiger partial charge is 0.495 e. The summed E-state index contributed by atoms with van der Waals surface area (Å²) in [6.45, 7) is 1.40. The van der Waals surface area contributed by atoms with E-state index in [-0.39, 0.29) is 12.0 Å². The first kappa shape index (κ1) is 21.9. The van der Waals surface area contributed by atoms with Crippen molar-refractivity contribution in [1.82, 2.24) is 9.88 Å². The Labute approximate surface area is 191 Å². The van der Waals surface area contributed by atoms with Crippen molar-refractivity contribution < 1.29 is 14.6 Å². The van der Waals surface area contributed by atoms with Crippen LogP contribution in [-0.2, 0) is 6.54 Å². The van der Waals surface area contributed by atoms with Crippen LogP contribution in [0.4, 0.5) is 5.69 Å². The van der Waals surface area contributed by atoms with Gasteiger partial charge in [-0.25, -0.2) is 0 Å². The molecule has 0 atom stereocenters.